The van der Waals surface area contributed by atoms with Crippen molar-refractivity contribution < 1.29 is 18.3 Å². The predicted molar refractivity (Wildman–Crippen MR) is 53.2 cm³/mol. The number of halogens is 2. The lowest BCUT2D eigenvalue weighted by Crippen LogP contribution is -2.14. The predicted octanol–water partition coefficient (Wildman–Crippen LogP) is 1.57. The van der Waals surface area contributed by atoms with Crippen LogP contribution in [0.15, 0.2) is 6.20 Å². The highest BCUT2D eigenvalue weighted by Crippen LogP contribution is 2.27. The number of pyridine rings is 1. The number of carbonyl (C=O) groups is 1. The highest BCUT2D eigenvalue weighted by atomic mass is 19.3. The van der Waals surface area contributed by atoms with E-state index in [1.165, 1.54) is 20.2 Å². The maximum Gasteiger partial charge on any atom is 0.339 e. The van der Waals surface area contributed by atoms with Crippen LogP contribution in [0.5, 0.6) is 0 Å². The molecule has 0 radical (unpaired) electrons. The topological polar surface area (TPSA) is 65.2 Å². The maximum atomic E-state index is 12.8. The maximum absolute atomic E-state index is 12.8. The Morgan fingerprint density at radius 1 is 1.62 bits per heavy atom. The Hall–Kier alpha value is -1.56. The number of esters is 1. The Morgan fingerprint density at radius 3 is 2.69 bits per heavy atom. The highest BCUT2D eigenvalue weighted by molar-refractivity contribution is 5.91. The minimum Gasteiger partial charge on any atom is -0.465 e. The van der Waals surface area contributed by atoms with Gasteiger partial charge in [0.25, 0.3) is 6.43 Å². The van der Waals surface area contributed by atoms with Crippen LogP contribution in [0.25, 0.3) is 0 Å². The van der Waals surface area contributed by atoms with Gasteiger partial charge in [-0.1, -0.05) is 0 Å². The molecular formula is C10H12F2N2O2. The summed E-state index contributed by atoms with van der Waals surface area (Å²) in [5.41, 5.74) is 5.35. The van der Waals surface area contributed by atoms with Gasteiger partial charge in [-0.2, -0.15) is 0 Å². The molecule has 88 valence electrons. The second-order valence-corrected chi connectivity index (χ2v) is 3.15. The molecule has 0 aliphatic carbocycles. The molecule has 0 aliphatic heterocycles. The largest absolute Gasteiger partial charge is 0.465 e. The third-order valence-corrected chi connectivity index (χ3v) is 2.25. The van der Waals surface area contributed by atoms with Crippen molar-refractivity contribution in [3.8, 4) is 0 Å². The zero-order valence-corrected chi connectivity index (χ0v) is 8.96. The van der Waals surface area contributed by atoms with Crippen molar-refractivity contribution >= 4 is 5.97 Å². The lowest BCUT2D eigenvalue weighted by Gasteiger charge is -2.13. The van der Waals surface area contributed by atoms with E-state index in [1.807, 2.05) is 0 Å². The number of rotatable bonds is 3. The van der Waals surface area contributed by atoms with Crippen molar-refractivity contribution in [2.45, 2.75) is 19.9 Å². The molecule has 1 rings (SSSR count). The standard InChI is InChI=1S/C10H12F2N2O2/c1-5-8(9(11)12)6(3-13)7(4-14-5)10(15)16-2/h4,9H,3,13H2,1-2H3. The number of hydrogen-bond acceptors (Lipinski definition) is 4. The summed E-state index contributed by atoms with van der Waals surface area (Å²) in [6.45, 7) is 1.29. The lowest BCUT2D eigenvalue weighted by molar-refractivity contribution is 0.0598. The Morgan fingerprint density at radius 2 is 2.25 bits per heavy atom. The molecule has 0 unspecified atom stereocenters. The summed E-state index contributed by atoms with van der Waals surface area (Å²) in [5.74, 6) is -0.713. The smallest absolute Gasteiger partial charge is 0.339 e. The van der Waals surface area contributed by atoms with E-state index >= 15 is 0 Å². The molecule has 16 heavy (non-hydrogen) atoms. The number of aromatic nitrogens is 1. The van der Waals surface area contributed by atoms with E-state index in [4.69, 9.17) is 5.73 Å². The van der Waals surface area contributed by atoms with E-state index in [1.54, 1.807) is 0 Å². The average molecular weight is 230 g/mol. The van der Waals surface area contributed by atoms with Gasteiger partial charge in [0, 0.05) is 24.0 Å². The molecule has 0 fully saturated rings. The summed E-state index contributed by atoms with van der Waals surface area (Å²) >= 11 is 0. The minimum atomic E-state index is -2.71. The molecule has 0 spiro atoms. The van der Waals surface area contributed by atoms with Crippen LogP contribution in [-0.2, 0) is 11.3 Å². The Kier molecular flexibility index (Phi) is 3.89. The molecule has 4 nitrogen and oxygen atoms in total. The molecule has 0 bridgehead atoms. The van der Waals surface area contributed by atoms with Crippen LogP contribution in [0.2, 0.25) is 0 Å². The highest BCUT2D eigenvalue weighted by Gasteiger charge is 2.22. The van der Waals surface area contributed by atoms with Gasteiger partial charge in [0.05, 0.1) is 12.7 Å². The Balaban J connectivity index is 3.42. The van der Waals surface area contributed by atoms with Crippen LogP contribution in [0, 0.1) is 6.92 Å². The van der Waals surface area contributed by atoms with Crippen molar-refractivity contribution in [2.24, 2.45) is 5.73 Å². The number of hydrogen-bond donors (Lipinski definition) is 1. The molecule has 1 aromatic heterocycles. The number of carbonyl (C=O) groups excluding carboxylic acids is 1. The third-order valence-electron chi connectivity index (χ3n) is 2.25. The van der Waals surface area contributed by atoms with Gasteiger partial charge in [0.2, 0.25) is 0 Å². The Labute approximate surface area is 91.4 Å². The average Bonchev–Trinajstić information content (AvgIpc) is 2.26. The molecule has 0 saturated carbocycles. The molecule has 1 heterocycles. The second-order valence-electron chi connectivity index (χ2n) is 3.15. The quantitative estimate of drug-likeness (QED) is 0.800. The van der Waals surface area contributed by atoms with Crippen molar-refractivity contribution in [2.75, 3.05) is 7.11 Å². The number of ether oxygens (including phenoxy) is 1. The van der Waals surface area contributed by atoms with E-state index in [0.29, 0.717) is 0 Å². The van der Waals surface area contributed by atoms with E-state index < -0.39 is 12.4 Å². The molecule has 0 saturated heterocycles. The number of aryl methyl sites for hydroxylation is 1. The minimum absolute atomic E-state index is 0.00843. The summed E-state index contributed by atoms with van der Waals surface area (Å²) in [5, 5.41) is 0. The van der Waals surface area contributed by atoms with Gasteiger partial charge >= 0.3 is 5.97 Å². The normalized spacial score (nSPS) is 10.6. The van der Waals surface area contributed by atoms with Crippen LogP contribution in [0.1, 0.15) is 33.6 Å². The number of nitrogens with two attached hydrogens (primary N) is 1. The van der Waals surface area contributed by atoms with E-state index in [-0.39, 0.29) is 28.9 Å². The van der Waals surface area contributed by atoms with Gasteiger partial charge in [-0.25, -0.2) is 13.6 Å². The van der Waals surface area contributed by atoms with Crippen LogP contribution in [-0.4, -0.2) is 18.1 Å². The molecule has 0 atom stereocenters. The van der Waals surface area contributed by atoms with Crippen LogP contribution in [0.3, 0.4) is 0 Å². The summed E-state index contributed by atoms with van der Waals surface area (Å²) < 4.78 is 30.0. The molecule has 0 aromatic carbocycles. The van der Waals surface area contributed by atoms with E-state index in [2.05, 4.69) is 9.72 Å². The monoisotopic (exact) mass is 230 g/mol. The van der Waals surface area contributed by atoms with Gasteiger partial charge in [-0.05, 0) is 12.5 Å². The van der Waals surface area contributed by atoms with Crippen molar-refractivity contribution in [1.29, 1.82) is 0 Å². The zero-order chi connectivity index (χ0) is 12.3. The number of nitrogens with zero attached hydrogens (tertiary/aromatic N) is 1. The van der Waals surface area contributed by atoms with Crippen LogP contribution >= 0.6 is 0 Å². The van der Waals surface area contributed by atoms with E-state index in [9.17, 15) is 13.6 Å². The Bertz CT molecular complexity index is 408. The van der Waals surface area contributed by atoms with Gasteiger partial charge < -0.3 is 10.5 Å². The molecule has 2 N–H and O–H groups in total. The summed E-state index contributed by atoms with van der Waals surface area (Å²) in [7, 11) is 1.17. The van der Waals surface area contributed by atoms with Crippen LogP contribution in [0.4, 0.5) is 8.78 Å². The van der Waals surface area contributed by atoms with Crippen molar-refractivity contribution in [3.05, 3.63) is 28.6 Å². The summed E-state index contributed by atoms with van der Waals surface area (Å²) in [6.07, 6.45) is -1.51. The molecule has 6 heteroatoms. The third kappa shape index (κ3) is 2.16. The summed E-state index contributed by atoms with van der Waals surface area (Å²) in [4.78, 5) is 15.1. The van der Waals surface area contributed by atoms with Crippen molar-refractivity contribution in [1.82, 2.24) is 4.98 Å². The van der Waals surface area contributed by atoms with Crippen LogP contribution < -0.4 is 5.73 Å². The molecule has 1 aromatic rings. The van der Waals surface area contributed by atoms with Gasteiger partial charge in [0.1, 0.15) is 0 Å². The molecule has 0 amide bonds. The summed E-state index contributed by atoms with van der Waals surface area (Å²) in [6, 6.07) is 0. The first-order valence-electron chi connectivity index (χ1n) is 4.57. The molecular weight excluding hydrogens is 218 g/mol. The fourth-order valence-electron chi connectivity index (χ4n) is 1.47. The fraction of sp³-hybridized carbons (Fsp3) is 0.400. The number of methoxy groups -OCH3 is 1. The number of alkyl halides is 2. The first kappa shape index (κ1) is 12.5. The first-order chi connectivity index (χ1) is 7.52. The SMILES string of the molecule is COC(=O)c1cnc(C)c(C(F)F)c1CN. The van der Waals surface area contributed by atoms with Gasteiger partial charge in [-0.15, -0.1) is 0 Å². The second kappa shape index (κ2) is 4.98. The zero-order valence-electron chi connectivity index (χ0n) is 8.96. The lowest BCUT2D eigenvalue weighted by atomic mass is 10.0. The van der Waals surface area contributed by atoms with Gasteiger partial charge in [0.15, 0.2) is 0 Å². The van der Waals surface area contributed by atoms with Gasteiger partial charge in [-0.3, -0.25) is 4.98 Å². The van der Waals surface area contributed by atoms with Crippen molar-refractivity contribution in [3.63, 3.8) is 0 Å². The van der Waals surface area contributed by atoms with E-state index in [0.717, 1.165) is 0 Å². The molecule has 0 aliphatic rings. The first-order valence-corrected chi connectivity index (χ1v) is 4.57. The fourth-order valence-corrected chi connectivity index (χ4v) is 1.47.